The Hall–Kier alpha value is -1.94. The van der Waals surface area contributed by atoms with Gasteiger partial charge in [-0.15, -0.1) is 0 Å². The van der Waals surface area contributed by atoms with Gasteiger partial charge in [-0.3, -0.25) is 0 Å². The van der Waals surface area contributed by atoms with Crippen molar-refractivity contribution in [3.05, 3.63) is 41.9 Å². The van der Waals surface area contributed by atoms with Gasteiger partial charge in [-0.05, 0) is 25.3 Å². The molecule has 0 spiro atoms. The summed E-state index contributed by atoms with van der Waals surface area (Å²) in [5.74, 6) is 1.22. The summed E-state index contributed by atoms with van der Waals surface area (Å²) >= 11 is 0. The summed E-state index contributed by atoms with van der Waals surface area (Å²) in [7, 11) is 0. The summed E-state index contributed by atoms with van der Waals surface area (Å²) in [5.41, 5.74) is 10.7. The predicted octanol–water partition coefficient (Wildman–Crippen LogP) is 3.50. The number of anilines is 1. The minimum Gasteiger partial charge on any atom is -0.368 e. The lowest BCUT2D eigenvalue weighted by Gasteiger charge is -2.33. The first-order valence-electron chi connectivity index (χ1n) is 8.49. The lowest BCUT2D eigenvalue weighted by atomic mass is 10.0. The van der Waals surface area contributed by atoms with E-state index in [4.69, 9.17) is 10.7 Å². The van der Waals surface area contributed by atoms with Gasteiger partial charge >= 0.3 is 0 Å². The van der Waals surface area contributed by atoms with E-state index in [0.717, 1.165) is 43.1 Å². The number of benzene rings is 1. The summed E-state index contributed by atoms with van der Waals surface area (Å²) < 4.78 is 0. The van der Waals surface area contributed by atoms with Crippen LogP contribution < -0.4 is 10.6 Å². The van der Waals surface area contributed by atoms with Crippen LogP contribution in [0, 0.1) is 6.92 Å². The number of aromatic nitrogens is 2. The Labute approximate surface area is 138 Å². The number of hydrogen-bond acceptors (Lipinski definition) is 4. The van der Waals surface area contributed by atoms with Gasteiger partial charge in [0.2, 0.25) is 0 Å². The highest BCUT2D eigenvalue weighted by Crippen LogP contribution is 2.33. The van der Waals surface area contributed by atoms with Gasteiger partial charge in [0, 0.05) is 30.6 Å². The Kier molecular flexibility index (Phi) is 4.62. The number of nitrogens with zero attached hydrogens (tertiary/aromatic N) is 3. The van der Waals surface area contributed by atoms with Gasteiger partial charge in [-0.25, -0.2) is 9.97 Å². The molecule has 23 heavy (non-hydrogen) atoms. The first-order valence-corrected chi connectivity index (χ1v) is 8.49. The molecule has 4 heteroatoms. The molecule has 122 valence electrons. The van der Waals surface area contributed by atoms with E-state index in [-0.39, 0.29) is 0 Å². The lowest BCUT2D eigenvalue weighted by Crippen LogP contribution is -2.40. The van der Waals surface area contributed by atoms with Crippen molar-refractivity contribution in [2.45, 2.75) is 45.6 Å². The second kappa shape index (κ2) is 6.67. The average Bonchev–Trinajstić information content (AvgIpc) is 2.55. The first kappa shape index (κ1) is 15.9. The molecule has 1 fully saturated rings. The molecular weight excluding hydrogens is 284 g/mol. The van der Waals surface area contributed by atoms with Crippen LogP contribution in [0.4, 0.5) is 5.69 Å². The average molecular weight is 310 g/mol. The van der Waals surface area contributed by atoms with Crippen LogP contribution in [-0.2, 0) is 0 Å². The Morgan fingerprint density at radius 1 is 1.17 bits per heavy atom. The molecule has 1 aliphatic rings. The highest BCUT2D eigenvalue weighted by Gasteiger charge is 2.22. The third-order valence-corrected chi connectivity index (χ3v) is 4.58. The van der Waals surface area contributed by atoms with Crippen LogP contribution >= 0.6 is 0 Å². The van der Waals surface area contributed by atoms with E-state index in [1.807, 2.05) is 6.20 Å². The first-order chi connectivity index (χ1) is 11.1. The van der Waals surface area contributed by atoms with Gasteiger partial charge < -0.3 is 10.6 Å². The normalized spacial score (nSPS) is 16.1. The van der Waals surface area contributed by atoms with Crippen LogP contribution in [0.25, 0.3) is 11.3 Å². The summed E-state index contributed by atoms with van der Waals surface area (Å²) in [6.45, 7) is 8.37. The fourth-order valence-corrected chi connectivity index (χ4v) is 3.08. The maximum atomic E-state index is 6.05. The van der Waals surface area contributed by atoms with E-state index in [9.17, 15) is 0 Å². The maximum absolute atomic E-state index is 6.05. The highest BCUT2D eigenvalue weighted by atomic mass is 15.2. The van der Waals surface area contributed by atoms with Crippen molar-refractivity contribution in [2.75, 3.05) is 18.0 Å². The van der Waals surface area contributed by atoms with Crippen molar-refractivity contribution in [2.24, 2.45) is 5.73 Å². The van der Waals surface area contributed by atoms with Crippen molar-refractivity contribution < 1.29 is 0 Å². The Morgan fingerprint density at radius 3 is 2.52 bits per heavy atom. The smallest absolute Gasteiger partial charge is 0.131 e. The van der Waals surface area contributed by atoms with Crippen molar-refractivity contribution in [1.29, 1.82) is 0 Å². The number of hydrogen-bond donors (Lipinski definition) is 1. The summed E-state index contributed by atoms with van der Waals surface area (Å²) in [6, 6.07) is 8.77. The standard InChI is InChI=1S/C19H26N4/c1-13(2)19-21-12-17(23-10-8-15(20)9-11-23)18(22-19)16-7-5-4-6-14(16)3/h4-7,12-13,15H,8-11,20H2,1-3H3. The molecule has 0 aliphatic carbocycles. The minimum absolute atomic E-state index is 0.321. The fraction of sp³-hybridized carbons (Fsp3) is 0.474. The molecule has 0 bridgehead atoms. The van der Waals surface area contributed by atoms with E-state index in [2.05, 4.69) is 54.9 Å². The number of nitrogens with two attached hydrogens (primary N) is 1. The highest BCUT2D eigenvalue weighted by molar-refractivity contribution is 5.76. The summed E-state index contributed by atoms with van der Waals surface area (Å²) in [5, 5.41) is 0. The molecule has 0 amide bonds. The van der Waals surface area contributed by atoms with Crippen LogP contribution in [0.2, 0.25) is 0 Å². The predicted molar refractivity (Wildman–Crippen MR) is 95.7 cm³/mol. The summed E-state index contributed by atoms with van der Waals surface area (Å²) in [4.78, 5) is 11.9. The molecular formula is C19H26N4. The topological polar surface area (TPSA) is 55.0 Å². The Bertz CT molecular complexity index is 673. The van der Waals surface area contributed by atoms with Crippen molar-refractivity contribution in [3.63, 3.8) is 0 Å². The second-order valence-electron chi connectivity index (χ2n) is 6.76. The molecule has 1 aromatic carbocycles. The zero-order valence-electron chi connectivity index (χ0n) is 14.3. The zero-order valence-corrected chi connectivity index (χ0v) is 14.3. The Balaban J connectivity index is 2.07. The molecule has 4 nitrogen and oxygen atoms in total. The van der Waals surface area contributed by atoms with Crippen LogP contribution in [0.15, 0.2) is 30.5 Å². The summed E-state index contributed by atoms with van der Waals surface area (Å²) in [6.07, 6.45) is 4.05. The van der Waals surface area contributed by atoms with Gasteiger partial charge in [0.05, 0.1) is 17.6 Å². The van der Waals surface area contributed by atoms with Gasteiger partial charge in [0.1, 0.15) is 5.82 Å². The quantitative estimate of drug-likeness (QED) is 0.942. The van der Waals surface area contributed by atoms with Crippen LogP contribution in [0.5, 0.6) is 0 Å². The van der Waals surface area contributed by atoms with E-state index >= 15 is 0 Å². The molecule has 2 aromatic rings. The maximum Gasteiger partial charge on any atom is 0.131 e. The van der Waals surface area contributed by atoms with Crippen molar-refractivity contribution in [3.8, 4) is 11.3 Å². The Morgan fingerprint density at radius 2 is 1.87 bits per heavy atom. The molecule has 0 saturated carbocycles. The van der Waals surface area contributed by atoms with Gasteiger partial charge in [0.15, 0.2) is 0 Å². The number of piperidine rings is 1. The van der Waals surface area contributed by atoms with E-state index in [1.54, 1.807) is 0 Å². The number of rotatable bonds is 3. The third-order valence-electron chi connectivity index (χ3n) is 4.58. The van der Waals surface area contributed by atoms with Crippen LogP contribution in [0.3, 0.4) is 0 Å². The van der Waals surface area contributed by atoms with E-state index < -0.39 is 0 Å². The van der Waals surface area contributed by atoms with Gasteiger partial charge in [-0.2, -0.15) is 0 Å². The molecule has 0 unspecified atom stereocenters. The SMILES string of the molecule is Cc1ccccc1-c1nc(C(C)C)ncc1N1CCC(N)CC1. The van der Waals surface area contributed by atoms with E-state index in [1.165, 1.54) is 11.1 Å². The molecule has 2 heterocycles. The zero-order chi connectivity index (χ0) is 16.4. The molecule has 0 radical (unpaired) electrons. The third kappa shape index (κ3) is 3.37. The molecule has 2 N–H and O–H groups in total. The van der Waals surface area contributed by atoms with Crippen LogP contribution in [0.1, 0.15) is 44.0 Å². The van der Waals surface area contributed by atoms with Gasteiger partial charge in [-0.1, -0.05) is 38.1 Å². The molecule has 1 aromatic heterocycles. The largest absolute Gasteiger partial charge is 0.368 e. The van der Waals surface area contributed by atoms with E-state index in [0.29, 0.717) is 12.0 Å². The molecule has 0 atom stereocenters. The lowest BCUT2D eigenvalue weighted by molar-refractivity contribution is 0.500. The van der Waals surface area contributed by atoms with Gasteiger partial charge in [0.25, 0.3) is 0 Å². The van der Waals surface area contributed by atoms with Crippen molar-refractivity contribution in [1.82, 2.24) is 9.97 Å². The fourth-order valence-electron chi connectivity index (χ4n) is 3.08. The molecule has 1 saturated heterocycles. The van der Waals surface area contributed by atoms with Crippen LogP contribution in [-0.4, -0.2) is 29.1 Å². The molecule has 3 rings (SSSR count). The minimum atomic E-state index is 0.321. The number of aryl methyl sites for hydroxylation is 1. The molecule has 1 aliphatic heterocycles. The van der Waals surface area contributed by atoms with Crippen molar-refractivity contribution >= 4 is 5.69 Å². The monoisotopic (exact) mass is 310 g/mol. The second-order valence-corrected chi connectivity index (χ2v) is 6.76.